The number of allylic oxidation sites excluding steroid dienone is 5. The van der Waals surface area contributed by atoms with Crippen LogP contribution in [0.15, 0.2) is 47.6 Å². The van der Waals surface area contributed by atoms with Crippen molar-refractivity contribution in [1.82, 2.24) is 0 Å². The van der Waals surface area contributed by atoms with E-state index >= 15 is 0 Å². The lowest BCUT2D eigenvalue weighted by atomic mass is 9.61. The van der Waals surface area contributed by atoms with Gasteiger partial charge in [-0.25, -0.2) is 0 Å². The molecule has 0 aliphatic heterocycles. The highest BCUT2D eigenvalue weighted by Gasteiger charge is 2.50. The van der Waals surface area contributed by atoms with E-state index in [2.05, 4.69) is 51.7 Å². The zero-order valence-electron chi connectivity index (χ0n) is 20.0. The molecule has 0 heterocycles. The molecule has 0 saturated heterocycles. The third-order valence-corrected chi connectivity index (χ3v) is 8.68. The summed E-state index contributed by atoms with van der Waals surface area (Å²) in [5.41, 5.74) is 3.78. The molecule has 0 aromatic carbocycles. The second-order valence-electron chi connectivity index (χ2n) is 11.2. The number of hydrogen-bond donors (Lipinski definition) is 2. The Bertz CT molecular complexity index is 719. The van der Waals surface area contributed by atoms with Crippen LogP contribution in [0.2, 0.25) is 0 Å². The Morgan fingerprint density at radius 3 is 2.53 bits per heavy atom. The van der Waals surface area contributed by atoms with Crippen molar-refractivity contribution in [2.75, 3.05) is 0 Å². The molecular weight excluding hydrogens is 368 g/mol. The molecule has 0 spiro atoms. The molecule has 0 radical (unpaired) electrons. The zero-order chi connectivity index (χ0) is 22.1. The highest BCUT2D eigenvalue weighted by Crippen LogP contribution is 2.59. The van der Waals surface area contributed by atoms with E-state index in [9.17, 15) is 10.2 Å². The molecular formula is C28H44O2. The van der Waals surface area contributed by atoms with Crippen LogP contribution in [0.1, 0.15) is 86.0 Å². The molecule has 168 valence electrons. The lowest BCUT2D eigenvalue weighted by Crippen LogP contribution is -2.35. The Labute approximate surface area is 184 Å². The summed E-state index contributed by atoms with van der Waals surface area (Å²) in [6.07, 6.45) is 18.0. The highest BCUT2D eigenvalue weighted by molar-refractivity contribution is 5.36. The van der Waals surface area contributed by atoms with Gasteiger partial charge in [-0.05, 0) is 94.0 Å². The number of fused-ring (bicyclic) bond motifs is 1. The van der Waals surface area contributed by atoms with Gasteiger partial charge >= 0.3 is 0 Å². The normalized spacial score (nSPS) is 37.7. The van der Waals surface area contributed by atoms with Crippen molar-refractivity contribution in [3.63, 3.8) is 0 Å². The summed E-state index contributed by atoms with van der Waals surface area (Å²) in [6.45, 7) is 15.0. The van der Waals surface area contributed by atoms with E-state index in [-0.39, 0.29) is 12.0 Å². The summed E-state index contributed by atoms with van der Waals surface area (Å²) >= 11 is 0. The van der Waals surface area contributed by atoms with Gasteiger partial charge in [0.2, 0.25) is 0 Å². The summed E-state index contributed by atoms with van der Waals surface area (Å²) in [6, 6.07) is 0. The van der Waals surface area contributed by atoms with Crippen LogP contribution >= 0.6 is 0 Å². The molecule has 2 N–H and O–H groups in total. The average molecular weight is 413 g/mol. The molecule has 2 nitrogen and oxygen atoms in total. The first-order valence-electron chi connectivity index (χ1n) is 12.2. The van der Waals surface area contributed by atoms with Gasteiger partial charge in [-0.1, -0.05) is 62.8 Å². The number of rotatable bonds is 5. The van der Waals surface area contributed by atoms with Gasteiger partial charge in [0.25, 0.3) is 0 Å². The quantitative estimate of drug-likeness (QED) is 0.490. The lowest BCUT2D eigenvalue weighted by molar-refractivity contribution is 0.0436. The molecule has 0 amide bonds. The monoisotopic (exact) mass is 412 g/mol. The summed E-state index contributed by atoms with van der Waals surface area (Å²) in [7, 11) is 0. The fourth-order valence-corrected chi connectivity index (χ4v) is 6.25. The molecule has 3 saturated carbocycles. The number of aliphatic hydroxyl groups is 2. The van der Waals surface area contributed by atoms with E-state index in [1.54, 1.807) is 5.57 Å². The minimum atomic E-state index is -0.663. The van der Waals surface area contributed by atoms with Crippen molar-refractivity contribution in [2.45, 2.75) is 97.7 Å². The van der Waals surface area contributed by atoms with E-state index in [1.165, 1.54) is 43.3 Å². The minimum Gasteiger partial charge on any atom is -0.393 e. The summed E-state index contributed by atoms with van der Waals surface area (Å²) in [5.74, 6) is 2.08. The van der Waals surface area contributed by atoms with Crippen LogP contribution in [0.3, 0.4) is 0 Å². The second-order valence-corrected chi connectivity index (χ2v) is 11.2. The van der Waals surface area contributed by atoms with Crippen LogP contribution in [0.25, 0.3) is 0 Å². The summed E-state index contributed by atoms with van der Waals surface area (Å²) in [5, 5.41) is 20.3. The number of aliphatic hydroxyl groups excluding tert-OH is 1. The third-order valence-electron chi connectivity index (χ3n) is 8.68. The van der Waals surface area contributed by atoms with Crippen molar-refractivity contribution in [3.05, 3.63) is 47.6 Å². The van der Waals surface area contributed by atoms with Crippen molar-refractivity contribution >= 4 is 0 Å². The SMILES string of the molecule is C=C1CC[C@H](O)C/C1=C\C=C1/CCC[C@]2(C)[C@@H]([C@H](C)/C=C/[C@@H](C)C(C)(C)O)CC[C@@H]12. The van der Waals surface area contributed by atoms with Gasteiger partial charge in [-0.3, -0.25) is 0 Å². The first-order chi connectivity index (χ1) is 14.0. The highest BCUT2D eigenvalue weighted by atomic mass is 16.3. The maximum Gasteiger partial charge on any atom is 0.0651 e. The van der Waals surface area contributed by atoms with Gasteiger partial charge < -0.3 is 10.2 Å². The van der Waals surface area contributed by atoms with E-state index in [0.717, 1.165) is 19.3 Å². The fourth-order valence-electron chi connectivity index (χ4n) is 6.25. The Morgan fingerprint density at radius 2 is 1.83 bits per heavy atom. The molecule has 2 heteroatoms. The molecule has 0 unspecified atom stereocenters. The minimum absolute atomic E-state index is 0.164. The van der Waals surface area contributed by atoms with Crippen LogP contribution in [0.4, 0.5) is 0 Å². The van der Waals surface area contributed by atoms with Crippen LogP contribution in [0.5, 0.6) is 0 Å². The number of hydrogen-bond acceptors (Lipinski definition) is 2. The maximum absolute atomic E-state index is 10.3. The fraction of sp³-hybridized carbons (Fsp3) is 0.714. The van der Waals surface area contributed by atoms with Crippen LogP contribution < -0.4 is 0 Å². The van der Waals surface area contributed by atoms with Gasteiger partial charge in [0.15, 0.2) is 0 Å². The topological polar surface area (TPSA) is 40.5 Å². The van der Waals surface area contributed by atoms with E-state index in [0.29, 0.717) is 23.2 Å². The average Bonchev–Trinajstić information content (AvgIpc) is 3.03. The summed E-state index contributed by atoms with van der Waals surface area (Å²) < 4.78 is 0. The summed E-state index contributed by atoms with van der Waals surface area (Å²) in [4.78, 5) is 0. The second kappa shape index (κ2) is 9.17. The van der Waals surface area contributed by atoms with Gasteiger partial charge in [-0.2, -0.15) is 0 Å². The standard InChI is InChI=1S/C28H44O2/c1-19-10-14-24(29)18-23(19)13-12-22-8-7-17-28(6)25(15-16-26(22)28)20(2)9-11-21(3)27(4,5)30/h9,11-13,20-21,24-26,29-30H,1,7-8,10,14-18H2,2-6H3/b11-9+,22-12+,23-13+/t20-,21-,24+,25-,26+,28-/m1/s1. The molecule has 6 atom stereocenters. The van der Waals surface area contributed by atoms with Crippen molar-refractivity contribution in [3.8, 4) is 0 Å². The zero-order valence-corrected chi connectivity index (χ0v) is 20.0. The van der Waals surface area contributed by atoms with E-state index < -0.39 is 5.60 Å². The lowest BCUT2D eigenvalue weighted by Gasteiger charge is -2.44. The predicted molar refractivity (Wildman–Crippen MR) is 127 cm³/mol. The molecule has 0 bridgehead atoms. The molecule has 30 heavy (non-hydrogen) atoms. The van der Waals surface area contributed by atoms with Gasteiger partial charge in [0.1, 0.15) is 0 Å². The maximum atomic E-state index is 10.3. The Balaban J connectivity index is 1.75. The molecule has 3 aliphatic carbocycles. The van der Waals surface area contributed by atoms with Crippen LogP contribution in [-0.2, 0) is 0 Å². The molecule has 0 aromatic heterocycles. The molecule has 0 aromatic rings. The van der Waals surface area contributed by atoms with Gasteiger partial charge in [0.05, 0.1) is 11.7 Å². The van der Waals surface area contributed by atoms with Crippen molar-refractivity contribution < 1.29 is 10.2 Å². The molecule has 3 aliphatic rings. The predicted octanol–water partition coefficient (Wildman–Crippen LogP) is 6.76. The van der Waals surface area contributed by atoms with E-state index in [1.807, 2.05) is 13.8 Å². The van der Waals surface area contributed by atoms with Crippen LogP contribution in [0, 0.1) is 29.1 Å². The van der Waals surface area contributed by atoms with Crippen LogP contribution in [-0.4, -0.2) is 21.9 Å². The van der Waals surface area contributed by atoms with E-state index in [4.69, 9.17) is 0 Å². The third kappa shape index (κ3) is 5.02. The van der Waals surface area contributed by atoms with Gasteiger partial charge in [0, 0.05) is 5.92 Å². The largest absolute Gasteiger partial charge is 0.393 e. The van der Waals surface area contributed by atoms with Gasteiger partial charge in [-0.15, -0.1) is 0 Å². The smallest absolute Gasteiger partial charge is 0.0651 e. The Morgan fingerprint density at radius 1 is 1.10 bits per heavy atom. The first kappa shape index (κ1) is 23.5. The molecule has 3 rings (SSSR count). The molecule has 3 fully saturated rings. The first-order valence-corrected chi connectivity index (χ1v) is 12.2. The Hall–Kier alpha value is -1.12. The van der Waals surface area contributed by atoms with Crippen molar-refractivity contribution in [2.24, 2.45) is 29.1 Å². The Kier molecular flexibility index (Phi) is 7.19. The van der Waals surface area contributed by atoms with Crippen molar-refractivity contribution in [1.29, 1.82) is 0 Å².